The van der Waals surface area contributed by atoms with Crippen LogP contribution >= 0.6 is 0 Å². The highest BCUT2D eigenvalue weighted by Crippen LogP contribution is 2.66. The summed E-state index contributed by atoms with van der Waals surface area (Å²) in [7, 11) is 4.15. The summed E-state index contributed by atoms with van der Waals surface area (Å²) in [6, 6.07) is 0. The highest BCUT2D eigenvalue weighted by molar-refractivity contribution is 5.70. The van der Waals surface area contributed by atoms with Crippen molar-refractivity contribution in [2.75, 3.05) is 40.4 Å². The SMILES string of the molecule is CC(C)COC(=O)C[N+](C)(C)CCO[C@H]1C[C@H]2CC[C@]1(C)C2(C)C. The molecular weight excluding hydrogens is 302 g/mol. The zero-order valence-corrected chi connectivity index (χ0v) is 16.9. The fourth-order valence-electron chi connectivity index (χ4n) is 4.56. The molecule has 0 aromatic rings. The third-order valence-electron chi connectivity index (χ3n) is 6.86. The lowest BCUT2D eigenvalue weighted by Gasteiger charge is -2.39. The Balaban J connectivity index is 1.76. The van der Waals surface area contributed by atoms with Gasteiger partial charge >= 0.3 is 5.97 Å². The molecule has 0 unspecified atom stereocenters. The Hall–Kier alpha value is -0.610. The molecule has 2 rings (SSSR count). The van der Waals surface area contributed by atoms with Gasteiger partial charge in [-0.3, -0.25) is 0 Å². The Labute approximate surface area is 148 Å². The first-order valence-electron chi connectivity index (χ1n) is 9.57. The van der Waals surface area contributed by atoms with Crippen LogP contribution in [0.15, 0.2) is 0 Å². The maximum Gasteiger partial charge on any atom is 0.361 e. The quantitative estimate of drug-likeness (QED) is 0.501. The second-order valence-corrected chi connectivity index (χ2v) is 9.86. The smallest absolute Gasteiger partial charge is 0.361 e. The average molecular weight is 341 g/mol. The van der Waals surface area contributed by atoms with Crippen LogP contribution in [0.4, 0.5) is 0 Å². The van der Waals surface area contributed by atoms with Gasteiger partial charge in [0.25, 0.3) is 0 Å². The summed E-state index contributed by atoms with van der Waals surface area (Å²) in [5.74, 6) is 1.08. The van der Waals surface area contributed by atoms with E-state index in [2.05, 4.69) is 48.7 Å². The van der Waals surface area contributed by atoms with Crippen molar-refractivity contribution in [3.8, 4) is 0 Å². The molecule has 24 heavy (non-hydrogen) atoms. The second kappa shape index (κ2) is 6.95. The molecule has 2 saturated carbocycles. The van der Waals surface area contributed by atoms with Crippen molar-refractivity contribution in [2.24, 2.45) is 22.7 Å². The monoisotopic (exact) mass is 340 g/mol. The van der Waals surface area contributed by atoms with Gasteiger partial charge in [0.05, 0.1) is 33.4 Å². The van der Waals surface area contributed by atoms with Crippen LogP contribution in [-0.2, 0) is 14.3 Å². The summed E-state index contributed by atoms with van der Waals surface area (Å²) in [6.07, 6.45) is 4.22. The molecule has 2 fully saturated rings. The molecular formula is C20H38NO3+. The van der Waals surface area contributed by atoms with Crippen molar-refractivity contribution in [3.63, 3.8) is 0 Å². The highest BCUT2D eigenvalue weighted by atomic mass is 16.5. The molecule has 2 bridgehead atoms. The van der Waals surface area contributed by atoms with Crippen molar-refractivity contribution < 1.29 is 18.8 Å². The first-order chi connectivity index (χ1) is 11.0. The molecule has 0 heterocycles. The summed E-state index contributed by atoms with van der Waals surface area (Å²) in [5.41, 5.74) is 0.702. The second-order valence-electron chi connectivity index (χ2n) is 9.86. The Kier molecular flexibility index (Phi) is 5.71. The molecule has 0 aliphatic heterocycles. The van der Waals surface area contributed by atoms with E-state index in [1.807, 2.05) is 0 Å². The van der Waals surface area contributed by atoms with E-state index in [0.717, 1.165) is 12.5 Å². The Morgan fingerprint density at radius 3 is 2.42 bits per heavy atom. The summed E-state index contributed by atoms with van der Waals surface area (Å²) >= 11 is 0. The number of hydrogen-bond acceptors (Lipinski definition) is 3. The van der Waals surface area contributed by atoms with Gasteiger partial charge in [-0.1, -0.05) is 34.6 Å². The van der Waals surface area contributed by atoms with E-state index in [1.165, 1.54) is 19.3 Å². The minimum Gasteiger partial charge on any atom is -0.461 e. The lowest BCUT2D eigenvalue weighted by atomic mass is 9.70. The van der Waals surface area contributed by atoms with Gasteiger partial charge in [-0.25, -0.2) is 4.79 Å². The number of likely N-dealkylation sites (N-methyl/N-ethyl adjacent to an activating group) is 1. The van der Waals surface area contributed by atoms with Gasteiger partial charge < -0.3 is 14.0 Å². The van der Waals surface area contributed by atoms with Crippen molar-refractivity contribution in [1.82, 2.24) is 0 Å². The van der Waals surface area contributed by atoms with Gasteiger partial charge in [-0.15, -0.1) is 0 Å². The zero-order chi connectivity index (χ0) is 18.2. The first kappa shape index (κ1) is 19.7. The predicted octanol–water partition coefficient (Wildman–Crippen LogP) is 3.49. The molecule has 0 spiro atoms. The van der Waals surface area contributed by atoms with Gasteiger partial charge in [0.15, 0.2) is 6.54 Å². The molecule has 0 aromatic carbocycles. The molecule has 2 aliphatic carbocycles. The molecule has 4 heteroatoms. The maximum absolute atomic E-state index is 11.9. The van der Waals surface area contributed by atoms with E-state index in [1.54, 1.807) is 0 Å². The number of carbonyl (C=O) groups excluding carboxylic acids is 1. The van der Waals surface area contributed by atoms with Crippen LogP contribution in [0.2, 0.25) is 0 Å². The van der Waals surface area contributed by atoms with E-state index in [9.17, 15) is 4.79 Å². The van der Waals surface area contributed by atoms with Crippen LogP contribution in [0.25, 0.3) is 0 Å². The summed E-state index contributed by atoms with van der Waals surface area (Å²) in [6.45, 7) is 13.8. The number of carbonyl (C=O) groups is 1. The number of fused-ring (bicyclic) bond motifs is 2. The minimum atomic E-state index is -0.110. The molecule has 0 saturated heterocycles. The lowest BCUT2D eigenvalue weighted by molar-refractivity contribution is -0.883. The lowest BCUT2D eigenvalue weighted by Crippen LogP contribution is -2.47. The van der Waals surface area contributed by atoms with Gasteiger partial charge in [0, 0.05) is 0 Å². The third kappa shape index (κ3) is 3.96. The highest BCUT2D eigenvalue weighted by Gasteiger charge is 2.61. The number of ether oxygens (including phenoxy) is 2. The fraction of sp³-hybridized carbons (Fsp3) is 0.950. The summed E-state index contributed by atoms with van der Waals surface area (Å²) < 4.78 is 12.2. The van der Waals surface area contributed by atoms with Crippen molar-refractivity contribution in [1.29, 1.82) is 0 Å². The normalized spacial score (nSPS) is 31.7. The molecule has 3 atom stereocenters. The zero-order valence-electron chi connectivity index (χ0n) is 16.9. The molecule has 0 radical (unpaired) electrons. The summed E-state index contributed by atoms with van der Waals surface area (Å²) in [4.78, 5) is 11.9. The maximum atomic E-state index is 11.9. The fourth-order valence-corrected chi connectivity index (χ4v) is 4.56. The standard InChI is InChI=1S/C20H38NO3/c1-15(2)14-24-18(22)13-21(6,7)10-11-23-17-12-16-8-9-20(17,5)19(16,3)4/h15-17H,8-14H2,1-7H3/q+1/t16-,17+,20+/m1/s1. The Bertz CT molecular complexity index is 458. The van der Waals surface area contributed by atoms with Gasteiger partial charge in [-0.05, 0) is 41.9 Å². The Morgan fingerprint density at radius 2 is 1.92 bits per heavy atom. The van der Waals surface area contributed by atoms with Gasteiger partial charge in [-0.2, -0.15) is 0 Å². The minimum absolute atomic E-state index is 0.110. The third-order valence-corrected chi connectivity index (χ3v) is 6.86. The van der Waals surface area contributed by atoms with Crippen LogP contribution in [0.5, 0.6) is 0 Å². The van der Waals surface area contributed by atoms with Crippen LogP contribution in [0.1, 0.15) is 53.9 Å². The number of hydrogen-bond donors (Lipinski definition) is 0. The van der Waals surface area contributed by atoms with E-state index in [4.69, 9.17) is 9.47 Å². The molecule has 0 amide bonds. The van der Waals surface area contributed by atoms with Crippen LogP contribution < -0.4 is 0 Å². The van der Waals surface area contributed by atoms with E-state index >= 15 is 0 Å². The largest absolute Gasteiger partial charge is 0.461 e. The number of nitrogens with zero attached hydrogens (tertiary/aromatic N) is 1. The molecule has 140 valence electrons. The van der Waals surface area contributed by atoms with E-state index < -0.39 is 0 Å². The van der Waals surface area contributed by atoms with E-state index in [0.29, 0.717) is 47.1 Å². The van der Waals surface area contributed by atoms with Crippen LogP contribution in [-0.4, -0.2) is 57.0 Å². The molecule has 0 aromatic heterocycles. The van der Waals surface area contributed by atoms with Gasteiger partial charge in [0.1, 0.15) is 6.54 Å². The van der Waals surface area contributed by atoms with Gasteiger partial charge in [0.2, 0.25) is 0 Å². The van der Waals surface area contributed by atoms with E-state index in [-0.39, 0.29) is 5.97 Å². The first-order valence-corrected chi connectivity index (χ1v) is 9.57. The Morgan fingerprint density at radius 1 is 1.25 bits per heavy atom. The van der Waals surface area contributed by atoms with Crippen LogP contribution in [0.3, 0.4) is 0 Å². The van der Waals surface area contributed by atoms with Crippen molar-refractivity contribution >= 4 is 5.97 Å². The molecule has 4 nitrogen and oxygen atoms in total. The number of quaternary nitrogens is 1. The predicted molar refractivity (Wildman–Crippen MR) is 96.6 cm³/mol. The number of esters is 1. The summed E-state index contributed by atoms with van der Waals surface area (Å²) in [5, 5.41) is 0. The van der Waals surface area contributed by atoms with Crippen LogP contribution in [0, 0.1) is 22.7 Å². The number of rotatable bonds is 8. The molecule has 2 aliphatic rings. The van der Waals surface area contributed by atoms with Crippen molar-refractivity contribution in [2.45, 2.75) is 60.0 Å². The average Bonchev–Trinajstić information content (AvgIpc) is 2.77. The topological polar surface area (TPSA) is 35.5 Å². The molecule has 0 N–H and O–H groups in total. The van der Waals surface area contributed by atoms with Crippen molar-refractivity contribution in [3.05, 3.63) is 0 Å².